The molecule has 3 aromatic rings. The van der Waals surface area contributed by atoms with E-state index in [0.29, 0.717) is 22.0 Å². The number of imide groups is 2. The Bertz CT molecular complexity index is 1710. The summed E-state index contributed by atoms with van der Waals surface area (Å²) in [5, 5.41) is 11.4. The Kier molecular flexibility index (Phi) is 5.92. The molecule has 2 aliphatic heterocycles. The fourth-order valence-corrected chi connectivity index (χ4v) is 7.92. The van der Waals surface area contributed by atoms with Gasteiger partial charge in [-0.15, -0.1) is 0 Å². The Morgan fingerprint density at radius 1 is 0.833 bits per heavy atom. The van der Waals surface area contributed by atoms with Gasteiger partial charge in [-0.25, -0.2) is 9.29 Å². The van der Waals surface area contributed by atoms with E-state index in [1.165, 1.54) is 15.9 Å². The van der Waals surface area contributed by atoms with E-state index in [9.17, 15) is 28.7 Å². The van der Waals surface area contributed by atoms with Crippen molar-refractivity contribution in [1.29, 1.82) is 0 Å². The minimum Gasteiger partial charge on any atom is -0.505 e. The number of para-hydroxylation sites is 2. The summed E-state index contributed by atoms with van der Waals surface area (Å²) in [5.74, 6) is -6.78. The Balaban J connectivity index is 1.38. The van der Waals surface area contributed by atoms with Gasteiger partial charge in [0.2, 0.25) is 23.6 Å². The number of phenolic OH excluding ortho intramolecular Hbond substituents is 1. The number of hydrogen-bond acceptors (Lipinski definition) is 5. The quantitative estimate of drug-likeness (QED) is 0.318. The average molecular weight is 585 g/mol. The molecule has 4 aliphatic rings. The Morgan fingerprint density at radius 2 is 1.52 bits per heavy atom. The minimum absolute atomic E-state index is 0.164. The molecule has 0 bridgehead atoms. The molecule has 6 unspecified atom stereocenters. The van der Waals surface area contributed by atoms with Gasteiger partial charge in [-0.1, -0.05) is 53.6 Å². The second-order valence-electron chi connectivity index (χ2n) is 11.7. The molecule has 7 nitrogen and oxygen atoms in total. The SMILES string of the molecule is CC12C(=O)N(c3ccccc3)C(=O)C1CC1C(=CCC3C(=O)N(c4ccc(Cl)cc4)C(=O)C31)C2c1cccc(F)c1O. The third-order valence-corrected chi connectivity index (χ3v) is 9.95. The van der Waals surface area contributed by atoms with Gasteiger partial charge in [0, 0.05) is 16.5 Å². The van der Waals surface area contributed by atoms with Gasteiger partial charge < -0.3 is 5.11 Å². The number of fused-ring (bicyclic) bond motifs is 4. The highest BCUT2D eigenvalue weighted by molar-refractivity contribution is 6.31. The van der Waals surface area contributed by atoms with Crippen molar-refractivity contribution in [3.05, 3.63) is 101 Å². The molecular formula is C33H26ClFN2O5. The van der Waals surface area contributed by atoms with E-state index < -0.39 is 58.4 Å². The number of anilines is 2. The molecule has 0 aromatic heterocycles. The van der Waals surface area contributed by atoms with Crippen LogP contribution in [-0.2, 0) is 19.2 Å². The van der Waals surface area contributed by atoms with Crippen molar-refractivity contribution in [1.82, 2.24) is 0 Å². The summed E-state index contributed by atoms with van der Waals surface area (Å²) in [7, 11) is 0. The summed E-state index contributed by atoms with van der Waals surface area (Å²) in [6, 6.07) is 19.2. The number of phenols is 1. The molecule has 9 heteroatoms. The van der Waals surface area contributed by atoms with Gasteiger partial charge in [-0.2, -0.15) is 0 Å². The number of nitrogens with zero attached hydrogens (tertiary/aromatic N) is 2. The van der Waals surface area contributed by atoms with Gasteiger partial charge in [-0.05, 0) is 68.1 Å². The molecule has 1 saturated carbocycles. The van der Waals surface area contributed by atoms with Crippen molar-refractivity contribution in [2.75, 3.05) is 9.80 Å². The van der Waals surface area contributed by atoms with Crippen LogP contribution in [0.3, 0.4) is 0 Å². The van der Waals surface area contributed by atoms with Crippen LogP contribution in [0.5, 0.6) is 5.75 Å². The highest BCUT2D eigenvalue weighted by Crippen LogP contribution is 2.64. The zero-order chi connectivity index (χ0) is 29.5. The molecule has 0 spiro atoms. The van der Waals surface area contributed by atoms with E-state index in [0.717, 1.165) is 6.07 Å². The lowest BCUT2D eigenvalue weighted by molar-refractivity contribution is -0.131. The number of allylic oxidation sites excluding steroid dienone is 2. The summed E-state index contributed by atoms with van der Waals surface area (Å²) in [6.45, 7) is 1.70. The minimum atomic E-state index is -1.37. The Hall–Kier alpha value is -4.30. The molecule has 1 N–H and O–H groups in total. The van der Waals surface area contributed by atoms with Crippen molar-refractivity contribution in [2.24, 2.45) is 29.1 Å². The molecule has 7 rings (SSSR count). The summed E-state index contributed by atoms with van der Waals surface area (Å²) in [4.78, 5) is 58.4. The first-order valence-corrected chi connectivity index (χ1v) is 14.3. The summed E-state index contributed by atoms with van der Waals surface area (Å²) in [6.07, 6.45) is 2.27. The molecule has 4 amide bonds. The first kappa shape index (κ1) is 26.6. The third-order valence-electron chi connectivity index (χ3n) is 9.70. The van der Waals surface area contributed by atoms with Crippen molar-refractivity contribution in [2.45, 2.75) is 25.7 Å². The molecule has 3 fully saturated rings. The van der Waals surface area contributed by atoms with E-state index in [1.807, 2.05) is 6.08 Å². The van der Waals surface area contributed by atoms with E-state index in [2.05, 4.69) is 0 Å². The van der Waals surface area contributed by atoms with Crippen LogP contribution in [0.15, 0.2) is 84.4 Å². The molecule has 42 heavy (non-hydrogen) atoms. The zero-order valence-electron chi connectivity index (χ0n) is 22.5. The smallest absolute Gasteiger partial charge is 0.241 e. The molecule has 212 valence electrons. The normalized spacial score (nSPS) is 30.3. The van der Waals surface area contributed by atoms with Gasteiger partial charge >= 0.3 is 0 Å². The maximum Gasteiger partial charge on any atom is 0.241 e. The fraction of sp³-hybridized carbons (Fsp3) is 0.273. The number of carbonyl (C=O) groups is 4. The Labute approximate surface area is 246 Å². The van der Waals surface area contributed by atoms with Crippen molar-refractivity contribution in [3.8, 4) is 5.75 Å². The van der Waals surface area contributed by atoms with E-state index in [1.54, 1.807) is 67.6 Å². The largest absolute Gasteiger partial charge is 0.505 e. The number of aromatic hydroxyl groups is 1. The van der Waals surface area contributed by atoms with Crippen LogP contribution in [0.1, 0.15) is 31.2 Å². The summed E-state index contributed by atoms with van der Waals surface area (Å²) in [5.41, 5.74) is 0.314. The zero-order valence-corrected chi connectivity index (χ0v) is 23.3. The van der Waals surface area contributed by atoms with E-state index in [4.69, 9.17) is 11.6 Å². The number of halogens is 2. The maximum absolute atomic E-state index is 14.8. The first-order valence-electron chi connectivity index (χ1n) is 13.9. The topological polar surface area (TPSA) is 95.0 Å². The van der Waals surface area contributed by atoms with Crippen LogP contribution in [0.2, 0.25) is 5.02 Å². The Morgan fingerprint density at radius 3 is 2.24 bits per heavy atom. The van der Waals surface area contributed by atoms with Crippen LogP contribution in [0.25, 0.3) is 0 Å². The highest BCUT2D eigenvalue weighted by atomic mass is 35.5. The van der Waals surface area contributed by atoms with Gasteiger partial charge in [0.25, 0.3) is 0 Å². The molecular weight excluding hydrogens is 559 g/mol. The number of carbonyl (C=O) groups excluding carboxylic acids is 4. The van der Waals surface area contributed by atoms with Crippen LogP contribution >= 0.6 is 11.6 Å². The number of benzene rings is 3. The summed E-state index contributed by atoms with van der Waals surface area (Å²) < 4.78 is 14.8. The van der Waals surface area contributed by atoms with Gasteiger partial charge in [0.05, 0.1) is 34.5 Å². The lowest BCUT2D eigenvalue weighted by Crippen LogP contribution is -2.49. The molecule has 3 aromatic carbocycles. The number of hydrogen-bond donors (Lipinski definition) is 1. The predicted octanol–water partition coefficient (Wildman–Crippen LogP) is 5.62. The highest BCUT2D eigenvalue weighted by Gasteiger charge is 2.68. The van der Waals surface area contributed by atoms with E-state index >= 15 is 0 Å². The number of rotatable bonds is 3. The lowest BCUT2D eigenvalue weighted by atomic mass is 9.51. The van der Waals surface area contributed by atoms with Crippen LogP contribution in [0, 0.1) is 34.9 Å². The standard InChI is InChI=1S/C33H26ClFN2O5/c1-33-24(30(40)37(32(33)42)18-6-3-2-4-7-18)16-23-20(27(33)22-8-5-9-25(35)28(22)38)14-15-21-26(23)31(41)36(29(21)39)19-12-10-17(34)11-13-19/h2-14,21,23-24,26-27,38H,15-16H2,1H3. The molecule has 6 atom stereocenters. The first-order chi connectivity index (χ1) is 20.1. The van der Waals surface area contributed by atoms with Crippen LogP contribution < -0.4 is 9.80 Å². The molecule has 0 radical (unpaired) electrons. The van der Waals surface area contributed by atoms with Gasteiger partial charge in [0.15, 0.2) is 11.6 Å². The predicted molar refractivity (Wildman–Crippen MR) is 153 cm³/mol. The van der Waals surface area contributed by atoms with E-state index in [-0.39, 0.29) is 30.2 Å². The number of amides is 4. The van der Waals surface area contributed by atoms with Crippen molar-refractivity contribution < 1.29 is 28.7 Å². The molecule has 2 aliphatic carbocycles. The summed E-state index contributed by atoms with van der Waals surface area (Å²) >= 11 is 6.04. The lowest BCUT2D eigenvalue weighted by Gasteiger charge is -2.49. The second kappa shape index (κ2) is 9.36. The third kappa shape index (κ3) is 3.51. The van der Waals surface area contributed by atoms with Gasteiger partial charge in [-0.3, -0.25) is 24.1 Å². The monoisotopic (exact) mass is 584 g/mol. The fourth-order valence-electron chi connectivity index (χ4n) is 7.79. The van der Waals surface area contributed by atoms with Crippen LogP contribution in [0.4, 0.5) is 15.8 Å². The second-order valence-corrected chi connectivity index (χ2v) is 12.1. The van der Waals surface area contributed by atoms with Crippen molar-refractivity contribution in [3.63, 3.8) is 0 Å². The maximum atomic E-state index is 14.8. The molecule has 2 saturated heterocycles. The molecule has 2 heterocycles. The van der Waals surface area contributed by atoms with Crippen molar-refractivity contribution >= 4 is 46.6 Å². The van der Waals surface area contributed by atoms with Gasteiger partial charge in [0.1, 0.15) is 0 Å². The van der Waals surface area contributed by atoms with Crippen LogP contribution in [-0.4, -0.2) is 28.7 Å². The average Bonchev–Trinajstić information content (AvgIpc) is 3.35.